The molecule has 0 saturated carbocycles. The van der Waals surface area contributed by atoms with Crippen molar-refractivity contribution in [1.82, 2.24) is 4.98 Å². The Balaban J connectivity index is 1.84. The summed E-state index contributed by atoms with van der Waals surface area (Å²) in [4.78, 5) is 3.94. The van der Waals surface area contributed by atoms with E-state index in [2.05, 4.69) is 4.98 Å². The van der Waals surface area contributed by atoms with Crippen molar-refractivity contribution in [2.75, 3.05) is 18.9 Å². The van der Waals surface area contributed by atoms with Crippen molar-refractivity contribution in [3.05, 3.63) is 18.5 Å². The lowest BCUT2D eigenvalue weighted by atomic mass is 10.4. The number of ether oxygens (including phenoxy) is 3. The van der Waals surface area contributed by atoms with E-state index in [9.17, 15) is 0 Å². The summed E-state index contributed by atoms with van der Waals surface area (Å²) in [5, 5.41) is 0. The van der Waals surface area contributed by atoms with E-state index < -0.39 is 5.79 Å². The van der Waals surface area contributed by atoms with E-state index in [1.165, 1.54) is 0 Å². The maximum Gasteiger partial charge on any atom is 0.163 e. The van der Waals surface area contributed by atoms with Crippen LogP contribution in [0.15, 0.2) is 18.5 Å². The number of nitrogens with two attached hydrogens (primary N) is 1. The summed E-state index contributed by atoms with van der Waals surface area (Å²) in [6.07, 6.45) is 3.15. The van der Waals surface area contributed by atoms with Crippen molar-refractivity contribution in [1.29, 1.82) is 0 Å². The van der Waals surface area contributed by atoms with Gasteiger partial charge in [0.15, 0.2) is 5.79 Å². The molecule has 0 spiro atoms. The molecule has 88 valence electrons. The largest absolute Gasteiger partial charge is 0.489 e. The Bertz CT molecular complexity index is 368. The Morgan fingerprint density at radius 3 is 3.00 bits per heavy atom. The fourth-order valence-electron chi connectivity index (χ4n) is 1.55. The molecular weight excluding hydrogens is 208 g/mol. The van der Waals surface area contributed by atoms with Gasteiger partial charge >= 0.3 is 0 Å². The molecule has 0 unspecified atom stereocenters. The van der Waals surface area contributed by atoms with E-state index in [1.54, 1.807) is 18.5 Å². The number of nitrogens with zero attached hydrogens (tertiary/aromatic N) is 1. The number of rotatable bonds is 3. The standard InChI is InChI=1S/C11H16N2O3/c1-11(2)15-7-10(16-11)6-14-9-3-8(12)4-13-5-9/h3-5,10H,6-7,12H2,1-2H3/t10-/m0/s1. The second-order valence-corrected chi connectivity index (χ2v) is 4.22. The second-order valence-electron chi connectivity index (χ2n) is 4.22. The van der Waals surface area contributed by atoms with Crippen LogP contribution in [0.25, 0.3) is 0 Å². The van der Waals surface area contributed by atoms with Crippen LogP contribution in [-0.2, 0) is 9.47 Å². The van der Waals surface area contributed by atoms with Gasteiger partial charge in [-0.15, -0.1) is 0 Å². The third kappa shape index (κ3) is 2.84. The van der Waals surface area contributed by atoms with Crippen LogP contribution in [-0.4, -0.2) is 30.1 Å². The molecule has 2 N–H and O–H groups in total. The van der Waals surface area contributed by atoms with Crippen LogP contribution < -0.4 is 10.5 Å². The van der Waals surface area contributed by atoms with Crippen LogP contribution in [0.4, 0.5) is 5.69 Å². The minimum Gasteiger partial charge on any atom is -0.489 e. The zero-order valence-corrected chi connectivity index (χ0v) is 9.47. The molecular formula is C11H16N2O3. The van der Waals surface area contributed by atoms with Crippen LogP contribution in [0.2, 0.25) is 0 Å². The van der Waals surface area contributed by atoms with Crippen molar-refractivity contribution < 1.29 is 14.2 Å². The number of aromatic nitrogens is 1. The van der Waals surface area contributed by atoms with E-state index in [1.807, 2.05) is 13.8 Å². The van der Waals surface area contributed by atoms with Gasteiger partial charge in [0.25, 0.3) is 0 Å². The highest BCUT2D eigenvalue weighted by atomic mass is 16.7. The molecule has 2 rings (SSSR count). The molecule has 0 radical (unpaired) electrons. The minimum absolute atomic E-state index is 0.0450. The molecule has 0 amide bonds. The maximum atomic E-state index is 5.60. The average Bonchev–Trinajstić information content (AvgIpc) is 2.56. The third-order valence-electron chi connectivity index (χ3n) is 2.24. The first-order valence-electron chi connectivity index (χ1n) is 5.20. The topological polar surface area (TPSA) is 66.6 Å². The van der Waals surface area contributed by atoms with Gasteiger partial charge in [0.2, 0.25) is 0 Å². The quantitative estimate of drug-likeness (QED) is 0.835. The van der Waals surface area contributed by atoms with Gasteiger partial charge in [0.05, 0.1) is 24.7 Å². The van der Waals surface area contributed by atoms with E-state index in [0.29, 0.717) is 24.7 Å². The van der Waals surface area contributed by atoms with Crippen molar-refractivity contribution in [2.45, 2.75) is 25.7 Å². The highest BCUT2D eigenvalue weighted by Crippen LogP contribution is 2.23. The predicted octanol–water partition coefficient (Wildman–Crippen LogP) is 1.19. The van der Waals surface area contributed by atoms with Gasteiger partial charge in [0.1, 0.15) is 18.5 Å². The van der Waals surface area contributed by atoms with Gasteiger partial charge < -0.3 is 19.9 Å². The summed E-state index contributed by atoms with van der Waals surface area (Å²) >= 11 is 0. The van der Waals surface area contributed by atoms with Crippen LogP contribution in [0.5, 0.6) is 5.75 Å². The smallest absolute Gasteiger partial charge is 0.163 e. The van der Waals surface area contributed by atoms with Gasteiger partial charge in [-0.3, -0.25) is 4.98 Å². The SMILES string of the molecule is CC1(C)OC[C@H](COc2cncc(N)c2)O1. The van der Waals surface area contributed by atoms with E-state index in [4.69, 9.17) is 19.9 Å². The number of nitrogen functional groups attached to an aromatic ring is 1. The Hall–Kier alpha value is -1.33. The molecule has 5 nitrogen and oxygen atoms in total. The summed E-state index contributed by atoms with van der Waals surface area (Å²) in [7, 11) is 0. The Morgan fingerprint density at radius 1 is 1.56 bits per heavy atom. The van der Waals surface area contributed by atoms with Gasteiger partial charge in [-0.25, -0.2) is 0 Å². The molecule has 1 saturated heterocycles. The first-order valence-corrected chi connectivity index (χ1v) is 5.20. The first-order chi connectivity index (χ1) is 7.55. The molecule has 16 heavy (non-hydrogen) atoms. The lowest BCUT2D eigenvalue weighted by molar-refractivity contribution is -0.141. The van der Waals surface area contributed by atoms with Crippen LogP contribution in [0, 0.1) is 0 Å². The van der Waals surface area contributed by atoms with Crippen molar-refractivity contribution in [3.63, 3.8) is 0 Å². The summed E-state index contributed by atoms with van der Waals surface area (Å²) in [5.41, 5.74) is 6.17. The average molecular weight is 224 g/mol. The number of anilines is 1. The molecule has 2 heterocycles. The van der Waals surface area contributed by atoms with Gasteiger partial charge in [-0.05, 0) is 13.8 Å². The molecule has 1 aromatic rings. The summed E-state index contributed by atoms with van der Waals surface area (Å²) in [6.45, 7) is 4.75. The molecule has 1 fully saturated rings. The lowest BCUT2D eigenvalue weighted by Crippen LogP contribution is -2.25. The summed E-state index contributed by atoms with van der Waals surface area (Å²) < 4.78 is 16.5. The maximum absolute atomic E-state index is 5.60. The fraction of sp³-hybridized carbons (Fsp3) is 0.545. The molecule has 1 atom stereocenters. The number of hydrogen-bond donors (Lipinski definition) is 1. The number of hydrogen-bond acceptors (Lipinski definition) is 5. The second kappa shape index (κ2) is 4.27. The predicted molar refractivity (Wildman–Crippen MR) is 59.0 cm³/mol. The van der Waals surface area contributed by atoms with Crippen molar-refractivity contribution >= 4 is 5.69 Å². The highest BCUT2D eigenvalue weighted by Gasteiger charge is 2.32. The minimum atomic E-state index is -0.512. The highest BCUT2D eigenvalue weighted by molar-refractivity contribution is 5.39. The Morgan fingerprint density at radius 2 is 2.38 bits per heavy atom. The monoisotopic (exact) mass is 224 g/mol. The first kappa shape index (κ1) is 11.2. The third-order valence-corrected chi connectivity index (χ3v) is 2.24. The van der Waals surface area contributed by atoms with E-state index >= 15 is 0 Å². The van der Waals surface area contributed by atoms with E-state index in [-0.39, 0.29) is 6.10 Å². The Kier molecular flexibility index (Phi) is 2.98. The molecule has 0 bridgehead atoms. The fourth-order valence-corrected chi connectivity index (χ4v) is 1.55. The molecule has 0 aliphatic carbocycles. The summed E-state index contributed by atoms with van der Waals surface area (Å²) in [5.74, 6) is 0.135. The van der Waals surface area contributed by atoms with E-state index in [0.717, 1.165) is 0 Å². The van der Waals surface area contributed by atoms with Crippen molar-refractivity contribution in [3.8, 4) is 5.75 Å². The van der Waals surface area contributed by atoms with Crippen LogP contribution in [0.3, 0.4) is 0 Å². The molecule has 1 aliphatic rings. The zero-order valence-electron chi connectivity index (χ0n) is 9.47. The van der Waals surface area contributed by atoms with Crippen molar-refractivity contribution in [2.24, 2.45) is 0 Å². The molecule has 5 heteroatoms. The normalized spacial score (nSPS) is 23.2. The van der Waals surface area contributed by atoms with Gasteiger partial charge in [-0.1, -0.05) is 0 Å². The lowest BCUT2D eigenvalue weighted by Gasteiger charge is -2.17. The van der Waals surface area contributed by atoms with Crippen LogP contribution in [0.1, 0.15) is 13.8 Å². The molecule has 0 aromatic carbocycles. The van der Waals surface area contributed by atoms with Crippen LogP contribution >= 0.6 is 0 Å². The Labute approximate surface area is 94.5 Å². The summed E-state index contributed by atoms with van der Waals surface area (Å²) in [6, 6.07) is 1.73. The zero-order chi connectivity index (χ0) is 11.6. The molecule has 1 aliphatic heterocycles. The van der Waals surface area contributed by atoms with Gasteiger partial charge in [-0.2, -0.15) is 0 Å². The number of pyridine rings is 1. The van der Waals surface area contributed by atoms with Gasteiger partial charge in [0, 0.05) is 6.07 Å². The molecule has 1 aromatic heterocycles.